The van der Waals surface area contributed by atoms with Crippen LogP contribution >= 0.6 is 0 Å². The molecule has 0 spiro atoms. The summed E-state index contributed by atoms with van der Waals surface area (Å²) in [4.78, 5) is 11.9. The van der Waals surface area contributed by atoms with E-state index in [1.54, 1.807) is 0 Å². The Balaban J connectivity index is 4.78. The normalized spacial score (nSPS) is 15.7. The molecule has 0 fully saturated rings. The molecular weight excluding hydrogens is 407 g/mol. The average Bonchev–Trinajstić information content (AvgIpc) is 2.35. The van der Waals surface area contributed by atoms with Crippen LogP contribution < -0.4 is 5.32 Å². The average molecular weight is 452 g/mol. The molecule has 1 amide bonds. The number of unbranched alkanes of at least 4 members (excludes halogenated alkanes) is 1. The van der Waals surface area contributed by atoms with Crippen LogP contribution in [-0.2, 0) is 17.1 Å². The van der Waals surface area contributed by atoms with Gasteiger partial charge in [-0.05, 0) is 77.3 Å². The van der Waals surface area contributed by atoms with Crippen molar-refractivity contribution >= 4 is 39.7 Å². The quantitative estimate of drug-likeness (QED) is 0.300. The molecule has 9 heteroatoms. The Kier molecular flexibility index (Phi) is 10.9. The van der Waals surface area contributed by atoms with Crippen molar-refractivity contribution in [2.75, 3.05) is 6.54 Å². The summed E-state index contributed by atoms with van der Waals surface area (Å²) < 4.78 is 19.6. The number of hydrogen-bond donors (Lipinski definition) is 1. The zero-order chi connectivity index (χ0) is 21.5. The fraction of sp³-hybridized carbons (Fsp3) is 0.944. The predicted octanol–water partition coefficient (Wildman–Crippen LogP) is 5.42. The Hall–Kier alpha value is 0.218. The van der Waals surface area contributed by atoms with Crippen molar-refractivity contribution in [2.24, 2.45) is 5.92 Å². The molecule has 27 heavy (non-hydrogen) atoms. The van der Waals surface area contributed by atoms with E-state index >= 15 is 0 Å². The molecule has 5 nitrogen and oxygen atoms in total. The third kappa shape index (κ3) is 15.8. The molecule has 0 aromatic heterocycles. The Bertz CT molecular complexity index is 461. The largest absolute Gasteiger partial charge is 0.437 e. The first-order valence-electron chi connectivity index (χ1n) is 10.3. The fourth-order valence-corrected chi connectivity index (χ4v) is 21.2. The standard InChI is InChI=1S/C18H45NO4Si4/c1-17(2)16-19-18(20)14-12-13-15-27(11,22-25(6,7)8)23-26(9,10)21-24(3,4)5/h17H,12-16H2,1-11H3,(H,19,20). The molecular formula is C18H45NO4Si4. The summed E-state index contributed by atoms with van der Waals surface area (Å²) in [5.74, 6) is 0.637. The second-order valence-electron chi connectivity index (χ2n) is 10.5. The highest BCUT2D eigenvalue weighted by molar-refractivity contribution is 6.89. The van der Waals surface area contributed by atoms with Gasteiger partial charge in [0.25, 0.3) is 0 Å². The summed E-state index contributed by atoms with van der Waals surface area (Å²) in [5, 5.41) is 2.99. The van der Waals surface area contributed by atoms with Gasteiger partial charge in [0.05, 0.1) is 0 Å². The zero-order valence-corrected chi connectivity index (χ0v) is 23.7. The van der Waals surface area contributed by atoms with Crippen LogP contribution in [0.3, 0.4) is 0 Å². The second-order valence-corrected chi connectivity index (χ2v) is 26.9. The molecule has 1 unspecified atom stereocenters. The van der Waals surface area contributed by atoms with E-state index in [9.17, 15) is 4.79 Å². The molecule has 0 bridgehead atoms. The van der Waals surface area contributed by atoms with Gasteiger partial charge in [-0.15, -0.1) is 0 Å². The minimum absolute atomic E-state index is 0.149. The van der Waals surface area contributed by atoms with Crippen molar-refractivity contribution in [2.45, 2.75) is 98.1 Å². The molecule has 0 heterocycles. The summed E-state index contributed by atoms with van der Waals surface area (Å²) in [7, 11) is -7.96. The van der Waals surface area contributed by atoms with Crippen molar-refractivity contribution in [1.82, 2.24) is 5.32 Å². The van der Waals surface area contributed by atoms with E-state index < -0.39 is 33.8 Å². The van der Waals surface area contributed by atoms with E-state index in [4.69, 9.17) is 12.3 Å². The predicted molar refractivity (Wildman–Crippen MR) is 126 cm³/mol. The lowest BCUT2D eigenvalue weighted by Gasteiger charge is -2.41. The van der Waals surface area contributed by atoms with Crippen molar-refractivity contribution in [3.63, 3.8) is 0 Å². The van der Waals surface area contributed by atoms with Crippen molar-refractivity contribution in [1.29, 1.82) is 0 Å². The van der Waals surface area contributed by atoms with Crippen LogP contribution in [-0.4, -0.2) is 46.2 Å². The number of amides is 1. The van der Waals surface area contributed by atoms with Crippen LogP contribution in [0.2, 0.25) is 65.0 Å². The summed E-state index contributed by atoms with van der Waals surface area (Å²) in [6.07, 6.45) is 2.41. The third-order valence-corrected chi connectivity index (χ3v) is 17.1. The number of rotatable bonds is 13. The summed E-state index contributed by atoms with van der Waals surface area (Å²) in [5.41, 5.74) is 0. The van der Waals surface area contributed by atoms with Crippen molar-refractivity contribution in [3.8, 4) is 0 Å². The first kappa shape index (κ1) is 27.2. The summed E-state index contributed by atoms with van der Waals surface area (Å²) in [6.45, 7) is 24.7. The Morgan fingerprint density at radius 1 is 0.815 bits per heavy atom. The van der Waals surface area contributed by atoms with E-state index in [2.05, 4.69) is 78.1 Å². The maximum atomic E-state index is 11.9. The number of nitrogens with one attached hydrogen (secondary N) is 1. The molecule has 0 saturated heterocycles. The third-order valence-electron chi connectivity index (χ3n) is 3.53. The monoisotopic (exact) mass is 451 g/mol. The first-order chi connectivity index (χ1) is 11.9. The highest BCUT2D eigenvalue weighted by Gasteiger charge is 2.44. The zero-order valence-electron chi connectivity index (χ0n) is 19.7. The first-order valence-corrected chi connectivity index (χ1v) is 22.5. The number of carbonyl (C=O) groups is 1. The van der Waals surface area contributed by atoms with E-state index in [1.807, 2.05) is 0 Å². The van der Waals surface area contributed by atoms with Crippen LogP contribution in [0.1, 0.15) is 33.1 Å². The highest BCUT2D eigenvalue weighted by atomic mass is 28.5. The van der Waals surface area contributed by atoms with Gasteiger partial charge in [-0.25, -0.2) is 0 Å². The summed E-state index contributed by atoms with van der Waals surface area (Å²) in [6, 6.07) is 0.917. The Labute approximate surface area is 172 Å². The topological polar surface area (TPSA) is 56.8 Å². The van der Waals surface area contributed by atoms with Crippen molar-refractivity contribution < 1.29 is 17.1 Å². The lowest BCUT2D eigenvalue weighted by Crippen LogP contribution is -2.56. The summed E-state index contributed by atoms with van der Waals surface area (Å²) >= 11 is 0. The van der Waals surface area contributed by atoms with Gasteiger partial charge < -0.3 is 17.7 Å². The van der Waals surface area contributed by atoms with Crippen LogP contribution in [0.25, 0.3) is 0 Å². The lowest BCUT2D eigenvalue weighted by molar-refractivity contribution is -0.121. The van der Waals surface area contributed by atoms with Crippen LogP contribution in [0.15, 0.2) is 0 Å². The Morgan fingerprint density at radius 2 is 1.33 bits per heavy atom. The van der Waals surface area contributed by atoms with Gasteiger partial charge in [-0.3, -0.25) is 4.79 Å². The Morgan fingerprint density at radius 3 is 1.78 bits per heavy atom. The van der Waals surface area contributed by atoms with E-state index in [-0.39, 0.29) is 5.91 Å². The van der Waals surface area contributed by atoms with Crippen LogP contribution in [0.4, 0.5) is 0 Å². The smallest absolute Gasteiger partial charge is 0.315 e. The highest BCUT2D eigenvalue weighted by Crippen LogP contribution is 2.28. The maximum Gasteiger partial charge on any atom is 0.315 e. The number of carbonyl (C=O) groups excluding carboxylic acids is 1. The molecule has 0 aromatic rings. The molecule has 0 aliphatic heterocycles. The van der Waals surface area contributed by atoms with Gasteiger partial charge in [0.1, 0.15) is 0 Å². The molecule has 0 aromatic carbocycles. The van der Waals surface area contributed by atoms with Gasteiger partial charge in [-0.1, -0.05) is 20.3 Å². The fourth-order valence-electron chi connectivity index (χ4n) is 3.19. The molecule has 0 radical (unpaired) electrons. The second kappa shape index (κ2) is 10.8. The van der Waals surface area contributed by atoms with Gasteiger partial charge >= 0.3 is 17.1 Å². The number of hydrogen-bond acceptors (Lipinski definition) is 4. The molecule has 0 rings (SSSR count). The molecule has 1 atom stereocenters. The van der Waals surface area contributed by atoms with Gasteiger partial charge in [0.2, 0.25) is 5.91 Å². The molecule has 1 N–H and O–H groups in total. The minimum Gasteiger partial charge on any atom is -0.437 e. The molecule has 0 aliphatic carbocycles. The van der Waals surface area contributed by atoms with Gasteiger partial charge in [-0.2, -0.15) is 0 Å². The molecule has 162 valence electrons. The SMILES string of the molecule is CC(C)CNC(=O)CCCC[Si](C)(O[Si](C)(C)C)O[Si](C)(C)O[Si](C)(C)C. The van der Waals surface area contributed by atoms with E-state index in [0.29, 0.717) is 12.3 Å². The van der Waals surface area contributed by atoms with Gasteiger partial charge in [0, 0.05) is 13.0 Å². The van der Waals surface area contributed by atoms with E-state index in [0.717, 1.165) is 25.4 Å². The maximum absolute atomic E-state index is 11.9. The van der Waals surface area contributed by atoms with Crippen molar-refractivity contribution in [3.05, 3.63) is 0 Å². The lowest BCUT2D eigenvalue weighted by atomic mass is 10.2. The molecule has 0 aliphatic rings. The van der Waals surface area contributed by atoms with E-state index in [1.165, 1.54) is 0 Å². The van der Waals surface area contributed by atoms with Crippen LogP contribution in [0.5, 0.6) is 0 Å². The van der Waals surface area contributed by atoms with Gasteiger partial charge in [0.15, 0.2) is 16.6 Å². The molecule has 0 saturated carbocycles. The minimum atomic E-state index is -2.34. The van der Waals surface area contributed by atoms with Crippen LogP contribution in [0, 0.1) is 5.92 Å².